The Hall–Kier alpha value is -3.19. The zero-order chi connectivity index (χ0) is 28.1. The molecule has 3 aromatic rings. The van der Waals surface area contributed by atoms with E-state index in [0.717, 1.165) is 45.0 Å². The fraction of sp³-hybridized carbons (Fsp3) is 0.441. The van der Waals surface area contributed by atoms with Crippen LogP contribution in [0.2, 0.25) is 0 Å². The number of nitrogens with zero attached hydrogens (tertiary/aromatic N) is 3. The van der Waals surface area contributed by atoms with Crippen molar-refractivity contribution in [2.75, 3.05) is 46.9 Å². The number of carbonyl (C=O) groups is 1. The first kappa shape index (κ1) is 28.3. The zero-order valence-electron chi connectivity index (χ0n) is 24.3. The van der Waals surface area contributed by atoms with Crippen LogP contribution in [0.5, 0.6) is 5.75 Å². The van der Waals surface area contributed by atoms with E-state index in [1.54, 1.807) is 7.11 Å². The van der Waals surface area contributed by atoms with Crippen molar-refractivity contribution in [1.29, 1.82) is 0 Å². The van der Waals surface area contributed by atoms with Gasteiger partial charge in [0.05, 0.1) is 26.7 Å². The van der Waals surface area contributed by atoms with E-state index in [0.29, 0.717) is 24.4 Å². The molecule has 0 aliphatic carbocycles. The number of piperazine rings is 1. The Morgan fingerprint density at radius 1 is 0.850 bits per heavy atom. The van der Waals surface area contributed by atoms with Crippen LogP contribution in [0, 0.1) is 0 Å². The van der Waals surface area contributed by atoms with Gasteiger partial charge in [0.2, 0.25) is 0 Å². The van der Waals surface area contributed by atoms with Crippen molar-refractivity contribution in [2.24, 2.45) is 0 Å². The minimum atomic E-state index is -0.138. The fourth-order valence-electron chi connectivity index (χ4n) is 6.28. The SMILES string of the molecule is COC(=O)CCN1CC(c2ccc([C@H](c3cccc(OC)c3)N3C[C@@H](C)N(Cc4ccccc4)C[C@@H]3C)cc2)C1. The van der Waals surface area contributed by atoms with Crippen LogP contribution < -0.4 is 4.74 Å². The first-order valence-electron chi connectivity index (χ1n) is 14.5. The number of ether oxygens (including phenoxy) is 2. The number of esters is 1. The number of benzene rings is 3. The lowest BCUT2D eigenvalue weighted by Gasteiger charge is -2.48. The molecule has 0 radical (unpaired) electrons. The molecule has 3 atom stereocenters. The predicted molar refractivity (Wildman–Crippen MR) is 160 cm³/mol. The molecule has 6 heteroatoms. The lowest BCUT2D eigenvalue weighted by molar-refractivity contribution is -0.141. The summed E-state index contributed by atoms with van der Waals surface area (Å²) < 4.78 is 10.4. The summed E-state index contributed by atoms with van der Waals surface area (Å²) in [5.41, 5.74) is 5.32. The van der Waals surface area contributed by atoms with Gasteiger partial charge < -0.3 is 14.4 Å². The van der Waals surface area contributed by atoms with Gasteiger partial charge in [-0.1, -0.05) is 66.7 Å². The minimum absolute atomic E-state index is 0.138. The first-order valence-corrected chi connectivity index (χ1v) is 14.5. The molecule has 2 heterocycles. The van der Waals surface area contributed by atoms with Gasteiger partial charge in [0.25, 0.3) is 0 Å². The molecule has 6 nitrogen and oxygen atoms in total. The van der Waals surface area contributed by atoms with Crippen LogP contribution in [0.3, 0.4) is 0 Å². The molecule has 3 aromatic carbocycles. The van der Waals surface area contributed by atoms with E-state index in [1.165, 1.54) is 29.4 Å². The lowest BCUT2D eigenvalue weighted by atomic mass is 9.88. The third-order valence-electron chi connectivity index (χ3n) is 8.67. The molecule has 0 N–H and O–H groups in total. The highest BCUT2D eigenvalue weighted by Crippen LogP contribution is 2.36. The Bertz CT molecular complexity index is 1240. The number of hydrogen-bond donors (Lipinski definition) is 0. The topological polar surface area (TPSA) is 45.2 Å². The average molecular weight is 542 g/mol. The van der Waals surface area contributed by atoms with Gasteiger partial charge in [0.15, 0.2) is 0 Å². The normalized spacial score (nSPS) is 21.5. The van der Waals surface area contributed by atoms with Crippen LogP contribution in [0.4, 0.5) is 0 Å². The van der Waals surface area contributed by atoms with E-state index in [9.17, 15) is 4.79 Å². The summed E-state index contributed by atoms with van der Waals surface area (Å²) in [4.78, 5) is 19.1. The highest BCUT2D eigenvalue weighted by atomic mass is 16.5. The second kappa shape index (κ2) is 13.0. The largest absolute Gasteiger partial charge is 0.497 e. The minimum Gasteiger partial charge on any atom is -0.497 e. The molecule has 0 saturated carbocycles. The standard InChI is InChI=1S/C34H43N3O3/c1-25-21-37(26(2)20-36(25)22-27-9-6-5-7-10-27)34(30-11-8-12-32(19-30)39-3)29-15-13-28(14-16-29)31-23-35(24-31)18-17-33(38)40-4/h5-16,19,25-26,31,34H,17-18,20-24H2,1-4H3/t25-,26+,34-/m1/s1. The summed E-state index contributed by atoms with van der Waals surface area (Å²) in [5, 5.41) is 0. The van der Waals surface area contributed by atoms with Gasteiger partial charge in [-0.3, -0.25) is 14.6 Å². The smallest absolute Gasteiger partial charge is 0.306 e. The Balaban J connectivity index is 1.33. The number of carbonyl (C=O) groups excluding carboxylic acids is 1. The summed E-state index contributed by atoms with van der Waals surface area (Å²) in [5.74, 6) is 1.27. The van der Waals surface area contributed by atoms with Gasteiger partial charge in [-0.05, 0) is 48.2 Å². The maximum absolute atomic E-state index is 11.5. The zero-order valence-corrected chi connectivity index (χ0v) is 24.3. The van der Waals surface area contributed by atoms with E-state index in [1.807, 2.05) is 6.07 Å². The van der Waals surface area contributed by atoms with Gasteiger partial charge >= 0.3 is 5.97 Å². The maximum Gasteiger partial charge on any atom is 0.306 e. The van der Waals surface area contributed by atoms with Crippen molar-refractivity contribution in [2.45, 2.75) is 50.9 Å². The average Bonchev–Trinajstić information content (AvgIpc) is 2.96. The van der Waals surface area contributed by atoms with Crippen molar-refractivity contribution >= 4 is 5.97 Å². The molecule has 0 spiro atoms. The van der Waals surface area contributed by atoms with Crippen LogP contribution in [-0.2, 0) is 16.1 Å². The van der Waals surface area contributed by atoms with Crippen LogP contribution in [0.15, 0.2) is 78.9 Å². The molecule has 0 amide bonds. The highest BCUT2D eigenvalue weighted by molar-refractivity contribution is 5.69. The molecule has 2 aliphatic heterocycles. The molecular weight excluding hydrogens is 498 g/mol. The molecule has 0 unspecified atom stereocenters. The second-order valence-electron chi connectivity index (χ2n) is 11.4. The number of methoxy groups -OCH3 is 2. The summed E-state index contributed by atoms with van der Waals surface area (Å²) in [6.07, 6.45) is 0.458. The van der Waals surface area contributed by atoms with Gasteiger partial charge in [0.1, 0.15) is 5.75 Å². The highest BCUT2D eigenvalue weighted by Gasteiger charge is 2.35. The van der Waals surface area contributed by atoms with E-state index < -0.39 is 0 Å². The molecule has 2 saturated heterocycles. The third-order valence-corrected chi connectivity index (χ3v) is 8.67. The molecule has 2 fully saturated rings. The van der Waals surface area contributed by atoms with Gasteiger partial charge in [-0.25, -0.2) is 0 Å². The lowest BCUT2D eigenvalue weighted by Crippen LogP contribution is -2.56. The Morgan fingerprint density at radius 2 is 1.60 bits per heavy atom. The van der Waals surface area contributed by atoms with Crippen LogP contribution in [-0.4, -0.2) is 79.7 Å². The molecule has 5 rings (SSSR count). The predicted octanol–water partition coefficient (Wildman–Crippen LogP) is 5.34. The number of likely N-dealkylation sites (tertiary alicyclic amines) is 1. The van der Waals surface area contributed by atoms with E-state index in [4.69, 9.17) is 9.47 Å². The van der Waals surface area contributed by atoms with E-state index in [-0.39, 0.29) is 12.0 Å². The molecule has 0 aromatic heterocycles. The van der Waals surface area contributed by atoms with E-state index >= 15 is 0 Å². The van der Waals surface area contributed by atoms with Crippen LogP contribution in [0.25, 0.3) is 0 Å². The molecule has 2 aliphatic rings. The molecular formula is C34H43N3O3. The summed E-state index contributed by atoms with van der Waals surface area (Å²) in [7, 11) is 3.19. The van der Waals surface area contributed by atoms with Gasteiger partial charge in [-0.2, -0.15) is 0 Å². The van der Waals surface area contributed by atoms with Crippen molar-refractivity contribution in [3.05, 3.63) is 101 Å². The summed E-state index contributed by atoms with van der Waals surface area (Å²) in [6, 6.07) is 29.6. The molecule has 40 heavy (non-hydrogen) atoms. The Labute approximate surface area is 239 Å². The third kappa shape index (κ3) is 6.57. The number of rotatable bonds is 10. The quantitative estimate of drug-likeness (QED) is 0.323. The Morgan fingerprint density at radius 3 is 2.30 bits per heavy atom. The molecule has 0 bridgehead atoms. The first-order chi connectivity index (χ1) is 19.4. The van der Waals surface area contributed by atoms with Crippen molar-refractivity contribution < 1.29 is 14.3 Å². The second-order valence-corrected chi connectivity index (χ2v) is 11.4. The summed E-state index contributed by atoms with van der Waals surface area (Å²) in [6.45, 7) is 10.5. The number of hydrogen-bond acceptors (Lipinski definition) is 6. The van der Waals surface area contributed by atoms with Crippen molar-refractivity contribution in [3.8, 4) is 5.75 Å². The maximum atomic E-state index is 11.5. The van der Waals surface area contributed by atoms with Gasteiger partial charge in [-0.15, -0.1) is 0 Å². The van der Waals surface area contributed by atoms with Crippen LogP contribution >= 0.6 is 0 Å². The molecule has 212 valence electrons. The van der Waals surface area contributed by atoms with Crippen molar-refractivity contribution in [1.82, 2.24) is 14.7 Å². The monoisotopic (exact) mass is 541 g/mol. The van der Waals surface area contributed by atoms with Crippen LogP contribution in [0.1, 0.15) is 54.5 Å². The summed E-state index contributed by atoms with van der Waals surface area (Å²) >= 11 is 0. The van der Waals surface area contributed by atoms with Crippen molar-refractivity contribution in [3.63, 3.8) is 0 Å². The Kier molecular flexibility index (Phi) is 9.20. The fourth-order valence-corrected chi connectivity index (χ4v) is 6.28. The van der Waals surface area contributed by atoms with E-state index in [2.05, 4.69) is 101 Å². The van der Waals surface area contributed by atoms with Gasteiger partial charge in [0, 0.05) is 57.3 Å².